The van der Waals surface area contributed by atoms with Crippen molar-refractivity contribution >= 4 is 45.9 Å². The number of nitrogens with zero attached hydrogens (tertiary/aromatic N) is 4. The highest BCUT2D eigenvalue weighted by atomic mass is 32.1. The van der Waals surface area contributed by atoms with Gasteiger partial charge in [0.15, 0.2) is 5.13 Å². The van der Waals surface area contributed by atoms with E-state index in [0.29, 0.717) is 29.6 Å². The number of cyclic esters (lactones) is 1. The largest absolute Gasteiger partial charge is 0.442 e. The van der Waals surface area contributed by atoms with Gasteiger partial charge in [-0.1, -0.05) is 0 Å². The van der Waals surface area contributed by atoms with Gasteiger partial charge in [0, 0.05) is 31.6 Å². The summed E-state index contributed by atoms with van der Waals surface area (Å²) in [4.78, 5) is 48.2. The number of amides is 4. The molecule has 2 saturated heterocycles. The molecule has 1 aromatic heterocycles. The number of benzene rings is 1. The molecule has 1 atom stereocenters. The predicted molar refractivity (Wildman–Crippen MR) is 119 cm³/mol. The van der Waals surface area contributed by atoms with Crippen molar-refractivity contribution in [3.05, 3.63) is 35.6 Å². The molecule has 2 aromatic rings. The number of carbonyl (C=O) groups is 3. The van der Waals surface area contributed by atoms with Gasteiger partial charge in [0.05, 0.1) is 37.6 Å². The van der Waals surface area contributed by atoms with E-state index in [0.717, 1.165) is 0 Å². The van der Waals surface area contributed by atoms with Gasteiger partial charge in [-0.2, -0.15) is 0 Å². The number of anilines is 3. The molecule has 4 rings (SSSR count). The molecule has 2 N–H and O–H groups in total. The summed E-state index contributed by atoms with van der Waals surface area (Å²) >= 11 is 1.30. The smallest absolute Gasteiger partial charge is 0.414 e. The van der Waals surface area contributed by atoms with Crippen molar-refractivity contribution in [1.29, 1.82) is 0 Å². The summed E-state index contributed by atoms with van der Waals surface area (Å²) in [7, 11) is 0. The van der Waals surface area contributed by atoms with Gasteiger partial charge < -0.3 is 15.0 Å². The summed E-state index contributed by atoms with van der Waals surface area (Å²) in [6.07, 6.45) is 0.485. The minimum atomic E-state index is -0.595. The van der Waals surface area contributed by atoms with E-state index in [2.05, 4.69) is 15.6 Å². The maximum absolute atomic E-state index is 15.0. The van der Waals surface area contributed by atoms with Crippen LogP contribution in [0.4, 0.5) is 30.5 Å². The van der Waals surface area contributed by atoms with E-state index in [9.17, 15) is 18.8 Å². The molecule has 0 saturated carbocycles. The van der Waals surface area contributed by atoms with E-state index in [1.807, 2.05) is 0 Å². The summed E-state index contributed by atoms with van der Waals surface area (Å²) in [6, 6.07) is 4.06. The fraction of sp³-hybridized carbons (Fsp3) is 0.400. The Kier molecular flexibility index (Phi) is 6.89. The van der Waals surface area contributed by atoms with E-state index in [-0.39, 0.29) is 32.1 Å². The number of halogens is 1. The van der Waals surface area contributed by atoms with Crippen LogP contribution in [0.3, 0.4) is 0 Å². The lowest BCUT2D eigenvalue weighted by molar-refractivity contribution is -0.119. The summed E-state index contributed by atoms with van der Waals surface area (Å²) in [5, 5.41) is 8.66. The van der Waals surface area contributed by atoms with Gasteiger partial charge in [-0.3, -0.25) is 19.8 Å². The average Bonchev–Trinajstić information content (AvgIpc) is 3.35. The lowest BCUT2D eigenvalue weighted by atomic mass is 10.2. The van der Waals surface area contributed by atoms with E-state index in [4.69, 9.17) is 9.57 Å². The zero-order valence-electron chi connectivity index (χ0n) is 17.8. The van der Waals surface area contributed by atoms with Crippen LogP contribution in [0.2, 0.25) is 0 Å². The van der Waals surface area contributed by atoms with Crippen LogP contribution in [0.15, 0.2) is 29.8 Å². The first kappa shape index (κ1) is 22.7. The van der Waals surface area contributed by atoms with Crippen molar-refractivity contribution in [2.24, 2.45) is 0 Å². The maximum atomic E-state index is 15.0. The van der Waals surface area contributed by atoms with Crippen molar-refractivity contribution in [3.8, 4) is 0 Å². The Bertz CT molecular complexity index is 1020. The average molecular weight is 479 g/mol. The second-order valence-electron chi connectivity index (χ2n) is 7.38. The number of nitrogens with one attached hydrogen (secondary N) is 2. The molecular weight excluding hydrogens is 455 g/mol. The second kappa shape index (κ2) is 10.0. The fourth-order valence-corrected chi connectivity index (χ4v) is 4.02. The quantitative estimate of drug-likeness (QED) is 0.676. The molecule has 2 fully saturated rings. The van der Waals surface area contributed by atoms with E-state index < -0.39 is 24.0 Å². The Labute approximate surface area is 193 Å². The maximum Gasteiger partial charge on any atom is 0.414 e. The summed E-state index contributed by atoms with van der Waals surface area (Å²) < 4.78 is 20.2. The van der Waals surface area contributed by atoms with E-state index in [1.54, 1.807) is 28.6 Å². The van der Waals surface area contributed by atoms with Crippen molar-refractivity contribution in [1.82, 2.24) is 15.4 Å². The highest BCUT2D eigenvalue weighted by Crippen LogP contribution is 2.28. The highest BCUT2D eigenvalue weighted by Gasteiger charge is 2.33. The van der Waals surface area contributed by atoms with Crippen molar-refractivity contribution in [2.45, 2.75) is 13.0 Å². The molecular formula is C20H23FN6O5S. The van der Waals surface area contributed by atoms with Crippen LogP contribution >= 0.6 is 11.3 Å². The number of urea groups is 1. The van der Waals surface area contributed by atoms with Crippen molar-refractivity contribution in [3.63, 3.8) is 0 Å². The van der Waals surface area contributed by atoms with Gasteiger partial charge in [-0.15, -0.1) is 11.3 Å². The van der Waals surface area contributed by atoms with Crippen LogP contribution in [0.1, 0.15) is 6.92 Å². The molecule has 2 aliphatic rings. The monoisotopic (exact) mass is 478 g/mol. The zero-order valence-corrected chi connectivity index (χ0v) is 18.6. The molecule has 13 heteroatoms. The molecule has 11 nitrogen and oxygen atoms in total. The Morgan fingerprint density at radius 1 is 1.30 bits per heavy atom. The normalized spacial score (nSPS) is 18.7. The Morgan fingerprint density at radius 2 is 2.15 bits per heavy atom. The Morgan fingerprint density at radius 3 is 2.88 bits per heavy atom. The minimum absolute atomic E-state index is 0.190. The van der Waals surface area contributed by atoms with Crippen LogP contribution in [0.5, 0.6) is 0 Å². The Hall–Kier alpha value is -3.45. The van der Waals surface area contributed by atoms with Gasteiger partial charge in [0.1, 0.15) is 11.9 Å². The predicted octanol–water partition coefficient (Wildman–Crippen LogP) is 2.03. The highest BCUT2D eigenvalue weighted by molar-refractivity contribution is 7.13. The molecule has 4 amide bonds. The van der Waals surface area contributed by atoms with Gasteiger partial charge in [0.25, 0.3) is 0 Å². The van der Waals surface area contributed by atoms with Gasteiger partial charge in [-0.25, -0.2) is 24.0 Å². The van der Waals surface area contributed by atoms with Crippen LogP contribution < -0.4 is 20.4 Å². The molecule has 0 bridgehead atoms. The van der Waals surface area contributed by atoms with Gasteiger partial charge in [0.2, 0.25) is 5.91 Å². The molecule has 0 spiro atoms. The van der Waals surface area contributed by atoms with E-state index in [1.165, 1.54) is 34.3 Å². The molecule has 0 radical (unpaired) electrons. The Balaban J connectivity index is 1.37. The lowest BCUT2D eigenvalue weighted by Crippen LogP contribution is -2.37. The molecule has 176 valence electrons. The van der Waals surface area contributed by atoms with Crippen LogP contribution in [-0.4, -0.2) is 73.5 Å². The third-order valence-corrected chi connectivity index (χ3v) is 5.78. The molecule has 0 aliphatic carbocycles. The second-order valence-corrected chi connectivity index (χ2v) is 8.27. The molecule has 33 heavy (non-hydrogen) atoms. The SMILES string of the molecule is CC(=O)NC[C@H]1CN(c2ccc(N3CCON(C(=O)Nc4nccs4)CC3)c(F)c2)C(=O)O1. The summed E-state index contributed by atoms with van der Waals surface area (Å²) in [5.74, 6) is -0.730. The number of carbonyl (C=O) groups excluding carboxylic acids is 3. The molecule has 1 aromatic carbocycles. The van der Waals surface area contributed by atoms with Crippen LogP contribution in [0, 0.1) is 5.82 Å². The van der Waals surface area contributed by atoms with Gasteiger partial charge in [-0.05, 0) is 18.2 Å². The molecule has 3 heterocycles. The third-order valence-electron chi connectivity index (χ3n) is 5.09. The molecule has 0 unspecified atom stereocenters. The first-order valence-corrected chi connectivity index (χ1v) is 11.2. The first-order chi connectivity index (χ1) is 15.9. The van der Waals surface area contributed by atoms with Crippen LogP contribution in [-0.2, 0) is 14.4 Å². The van der Waals surface area contributed by atoms with Crippen LogP contribution in [0.25, 0.3) is 0 Å². The first-order valence-electron chi connectivity index (χ1n) is 10.3. The van der Waals surface area contributed by atoms with Crippen molar-refractivity contribution in [2.75, 3.05) is 54.4 Å². The number of hydrogen-bond donors (Lipinski definition) is 2. The molecule has 2 aliphatic heterocycles. The minimum Gasteiger partial charge on any atom is -0.442 e. The standard InChI is InChI=1S/C20H23FN6O5S/c1-13(28)23-11-15-12-26(20(30)32-15)14-2-3-17(16(21)10-14)25-5-6-27(31-8-7-25)19(29)24-18-22-4-9-33-18/h2-4,9-10,15H,5-8,11-12H2,1H3,(H,23,28)(H,22,24,29)/t15-/m0/s1. The summed E-state index contributed by atoms with van der Waals surface area (Å²) in [5.41, 5.74) is 0.703. The van der Waals surface area contributed by atoms with E-state index >= 15 is 0 Å². The fourth-order valence-electron chi connectivity index (χ4n) is 3.51. The number of aromatic nitrogens is 1. The lowest BCUT2D eigenvalue weighted by Gasteiger charge is -2.23. The summed E-state index contributed by atoms with van der Waals surface area (Å²) in [6.45, 7) is 2.92. The van der Waals surface area contributed by atoms with Gasteiger partial charge >= 0.3 is 12.1 Å². The number of ether oxygens (including phenoxy) is 1. The van der Waals surface area contributed by atoms with Crippen molar-refractivity contribution < 1.29 is 28.3 Å². The number of thiazole rings is 1. The topological polar surface area (TPSA) is 116 Å². The number of rotatable bonds is 5. The zero-order chi connectivity index (χ0) is 23.4. The number of hydrogen-bond acceptors (Lipinski definition) is 8. The number of hydroxylamine groups is 2. The third kappa shape index (κ3) is 5.49.